The Hall–Kier alpha value is -3.07. The van der Waals surface area contributed by atoms with Gasteiger partial charge in [0.1, 0.15) is 6.26 Å². The summed E-state index contributed by atoms with van der Waals surface area (Å²) in [5, 5.41) is 0. The molecule has 0 aliphatic carbocycles. The third-order valence-electron chi connectivity index (χ3n) is 4.99. The van der Waals surface area contributed by atoms with Gasteiger partial charge in [0.2, 0.25) is 11.5 Å². The van der Waals surface area contributed by atoms with Crippen molar-refractivity contribution < 1.29 is 42.1 Å². The first-order valence-corrected chi connectivity index (χ1v) is 11.0. The molecule has 3 heterocycles. The van der Waals surface area contributed by atoms with E-state index in [1.807, 2.05) is 54.6 Å². The van der Waals surface area contributed by atoms with Crippen molar-refractivity contribution in [1.29, 1.82) is 0 Å². The maximum Gasteiger partial charge on any atom is 0.374 e. The average molecular weight is 557 g/mol. The molecule has 0 bridgehead atoms. The molecule has 0 N–H and O–H groups in total. The van der Waals surface area contributed by atoms with Crippen molar-refractivity contribution >= 4 is 22.9 Å². The number of benzene rings is 2. The third kappa shape index (κ3) is 5.84. The van der Waals surface area contributed by atoms with Crippen molar-refractivity contribution in [2.24, 2.45) is 0 Å². The molecule has 1 aliphatic heterocycles. The van der Waals surface area contributed by atoms with Crippen LogP contribution < -0.4 is 38.2 Å². The van der Waals surface area contributed by atoms with Crippen molar-refractivity contribution in [2.75, 3.05) is 11.4 Å². The molecule has 5 rings (SSSR count). The Balaban J connectivity index is 0.000000453. The molecule has 1 aliphatic rings. The second kappa shape index (κ2) is 12.2. The summed E-state index contributed by atoms with van der Waals surface area (Å²) in [6, 6.07) is 16.3. The highest BCUT2D eigenvalue weighted by Gasteiger charge is 2.24. The van der Waals surface area contributed by atoms with Crippen LogP contribution in [0.25, 0.3) is 17.2 Å². The number of halogens is 1. The largest absolute Gasteiger partial charge is 1.00 e. The van der Waals surface area contributed by atoms with Crippen LogP contribution in [-0.2, 0) is 6.54 Å². The van der Waals surface area contributed by atoms with Gasteiger partial charge in [0.25, 0.3) is 5.52 Å². The number of para-hydroxylation sites is 4. The summed E-state index contributed by atoms with van der Waals surface area (Å²) in [4.78, 5) is 5.78. The Labute approximate surface area is 211 Å². The van der Waals surface area contributed by atoms with Gasteiger partial charge in [-0.2, -0.15) is 4.57 Å². The van der Waals surface area contributed by atoms with Crippen LogP contribution in [-0.4, -0.2) is 11.5 Å². The first-order valence-electron chi connectivity index (χ1n) is 11.0. The van der Waals surface area contributed by atoms with Gasteiger partial charge in [0.15, 0.2) is 18.7 Å². The highest BCUT2D eigenvalue weighted by Crippen LogP contribution is 2.38. The molecule has 6 nitrogen and oxygen atoms in total. The fraction of sp³-hybridized carbons (Fsp3) is 0.231. The molecule has 4 aromatic rings. The first-order chi connectivity index (χ1) is 15.8. The van der Waals surface area contributed by atoms with E-state index in [2.05, 4.69) is 44.8 Å². The Kier molecular flexibility index (Phi) is 9.12. The molecule has 7 heteroatoms. The molecule has 33 heavy (non-hydrogen) atoms. The number of anilines is 1. The van der Waals surface area contributed by atoms with Crippen molar-refractivity contribution in [2.45, 2.75) is 33.2 Å². The minimum atomic E-state index is 0. The summed E-state index contributed by atoms with van der Waals surface area (Å²) >= 11 is 0. The van der Waals surface area contributed by atoms with E-state index in [-0.39, 0.29) is 24.0 Å². The van der Waals surface area contributed by atoms with Gasteiger partial charge < -0.3 is 42.4 Å². The standard InChI is InChI=1S/C23H25N2O2.C3H3NO.HI/c1-3-16-24-18-10-5-7-12-20(18)26-22(24)14-9-15-23-25(17-4-2)19-11-6-8-13-21(19)27-23;1-2-5-3-4-1;/h5-15H,3-4,16-17H2,1-2H3;1-3H;1H/q+1;;/p-1. The minimum Gasteiger partial charge on any atom is -1.00 e. The van der Waals surface area contributed by atoms with Crippen molar-refractivity contribution in [3.63, 3.8) is 0 Å². The van der Waals surface area contributed by atoms with E-state index in [0.717, 1.165) is 60.2 Å². The third-order valence-corrected chi connectivity index (χ3v) is 4.99. The van der Waals surface area contributed by atoms with Gasteiger partial charge in [0.05, 0.1) is 18.0 Å². The monoisotopic (exact) mass is 557 g/mol. The van der Waals surface area contributed by atoms with E-state index in [4.69, 9.17) is 9.15 Å². The van der Waals surface area contributed by atoms with Gasteiger partial charge in [-0.15, -0.1) is 0 Å². The van der Waals surface area contributed by atoms with Crippen LogP contribution >= 0.6 is 0 Å². The molecular formula is C26H28IN3O3. The second-order valence-electron chi connectivity index (χ2n) is 7.32. The van der Waals surface area contributed by atoms with Gasteiger partial charge in [-0.05, 0) is 36.8 Å². The van der Waals surface area contributed by atoms with Gasteiger partial charge in [-0.3, -0.25) is 0 Å². The number of allylic oxidation sites excluding steroid dienone is 2. The zero-order valence-corrected chi connectivity index (χ0v) is 21.0. The Morgan fingerprint density at radius 1 is 1.03 bits per heavy atom. The van der Waals surface area contributed by atoms with E-state index in [9.17, 15) is 0 Å². The summed E-state index contributed by atoms with van der Waals surface area (Å²) in [5.41, 5.74) is 3.17. The summed E-state index contributed by atoms with van der Waals surface area (Å²) in [5.74, 6) is 2.62. The van der Waals surface area contributed by atoms with Crippen LogP contribution in [0.5, 0.6) is 5.75 Å². The highest BCUT2D eigenvalue weighted by molar-refractivity contribution is 5.70. The fourth-order valence-electron chi connectivity index (χ4n) is 3.65. The molecule has 0 amide bonds. The highest BCUT2D eigenvalue weighted by atomic mass is 127. The van der Waals surface area contributed by atoms with Gasteiger partial charge >= 0.3 is 5.89 Å². The lowest BCUT2D eigenvalue weighted by Crippen LogP contribution is -3.00. The van der Waals surface area contributed by atoms with Crippen molar-refractivity contribution in [3.05, 3.63) is 91.3 Å². The van der Waals surface area contributed by atoms with Crippen LogP contribution in [0.15, 0.2) is 94.3 Å². The van der Waals surface area contributed by atoms with E-state index in [1.54, 1.807) is 6.20 Å². The number of hydrogen-bond acceptors (Lipinski definition) is 5. The average Bonchev–Trinajstić information content (AvgIpc) is 3.56. The van der Waals surface area contributed by atoms with Crippen LogP contribution in [0.2, 0.25) is 0 Å². The molecule has 2 aromatic carbocycles. The van der Waals surface area contributed by atoms with E-state index < -0.39 is 0 Å². The van der Waals surface area contributed by atoms with Crippen molar-refractivity contribution in [3.8, 4) is 5.75 Å². The molecule has 0 unspecified atom stereocenters. The number of aromatic nitrogens is 2. The lowest BCUT2D eigenvalue weighted by Gasteiger charge is -2.16. The SMILES string of the molecule is CCCN1/C(=C/C=C/c2oc3ccccc3[n+]2CCC)Oc2ccccc21.[I-].c1cocn1. The van der Waals surface area contributed by atoms with E-state index in [0.29, 0.717) is 0 Å². The van der Waals surface area contributed by atoms with Crippen molar-refractivity contribution in [1.82, 2.24) is 4.98 Å². The summed E-state index contributed by atoms with van der Waals surface area (Å²) < 4.78 is 18.8. The quantitative estimate of drug-likeness (QED) is 0.270. The Bertz CT molecular complexity index is 1180. The molecule has 172 valence electrons. The molecule has 0 atom stereocenters. The van der Waals surface area contributed by atoms with Crippen LogP contribution in [0.3, 0.4) is 0 Å². The number of hydrogen-bond donors (Lipinski definition) is 0. The molecule has 0 radical (unpaired) electrons. The molecular weight excluding hydrogens is 529 g/mol. The predicted octanol–water partition coefficient (Wildman–Crippen LogP) is 2.97. The van der Waals surface area contributed by atoms with Crippen LogP contribution in [0.4, 0.5) is 5.69 Å². The number of oxazole rings is 2. The summed E-state index contributed by atoms with van der Waals surface area (Å²) in [6.45, 7) is 6.21. The first kappa shape index (κ1) is 24.6. The molecule has 0 saturated carbocycles. The van der Waals surface area contributed by atoms with Crippen LogP contribution in [0.1, 0.15) is 32.6 Å². The fourth-order valence-corrected chi connectivity index (χ4v) is 3.65. The summed E-state index contributed by atoms with van der Waals surface area (Å²) in [7, 11) is 0. The number of rotatable bonds is 6. The number of aryl methyl sites for hydroxylation is 1. The number of ether oxygens (including phenoxy) is 1. The number of nitrogens with zero attached hydrogens (tertiary/aromatic N) is 3. The molecule has 2 aromatic heterocycles. The smallest absolute Gasteiger partial charge is 0.374 e. The lowest BCUT2D eigenvalue weighted by molar-refractivity contribution is -0.678. The molecule has 0 fully saturated rings. The lowest BCUT2D eigenvalue weighted by atomic mass is 10.2. The topological polar surface area (TPSA) is 55.5 Å². The van der Waals surface area contributed by atoms with E-state index >= 15 is 0 Å². The van der Waals surface area contributed by atoms with Gasteiger partial charge in [-0.1, -0.05) is 38.1 Å². The van der Waals surface area contributed by atoms with E-state index in [1.165, 1.54) is 12.7 Å². The molecule has 0 saturated heterocycles. The zero-order chi connectivity index (χ0) is 22.2. The van der Waals surface area contributed by atoms with Gasteiger partial charge in [0, 0.05) is 19.0 Å². The minimum absolute atomic E-state index is 0. The maximum absolute atomic E-state index is 6.05. The van der Waals surface area contributed by atoms with Gasteiger partial charge in [-0.25, -0.2) is 4.98 Å². The predicted molar refractivity (Wildman–Crippen MR) is 125 cm³/mol. The second-order valence-corrected chi connectivity index (χ2v) is 7.32. The molecule has 0 spiro atoms. The zero-order valence-electron chi connectivity index (χ0n) is 18.9. The Morgan fingerprint density at radius 3 is 2.58 bits per heavy atom. The normalized spacial score (nSPS) is 13.5. The van der Waals surface area contributed by atoms with Crippen LogP contribution in [0, 0.1) is 0 Å². The number of fused-ring (bicyclic) bond motifs is 2. The maximum atomic E-state index is 6.05. The summed E-state index contributed by atoms with van der Waals surface area (Å²) in [6.07, 6.45) is 12.6. The Morgan fingerprint density at radius 2 is 1.85 bits per heavy atom.